The Labute approximate surface area is 196 Å². The number of hydrogen-bond acceptors (Lipinski definition) is 3. The summed E-state index contributed by atoms with van der Waals surface area (Å²) < 4.78 is 5.74. The molecule has 1 heterocycles. The highest BCUT2D eigenvalue weighted by molar-refractivity contribution is 6.35. The van der Waals surface area contributed by atoms with E-state index in [1.807, 2.05) is 31.2 Å². The number of nitrogens with zero attached hydrogens (tertiary/aromatic N) is 1. The van der Waals surface area contributed by atoms with Crippen LogP contribution in [0.2, 0.25) is 10.0 Å². The largest absolute Gasteiger partial charge is 0.494 e. The number of amides is 1. The molecule has 3 aromatic rings. The molecule has 0 spiro atoms. The fourth-order valence-electron chi connectivity index (χ4n) is 4.24. The molecule has 1 amide bonds. The molecule has 0 fully saturated rings. The number of aliphatic carboxylic acids is 1. The summed E-state index contributed by atoms with van der Waals surface area (Å²) in [6, 6.07) is 18.3. The minimum Gasteiger partial charge on any atom is -0.494 e. The summed E-state index contributed by atoms with van der Waals surface area (Å²) in [6.45, 7) is 2.52. The molecule has 4 rings (SSSR count). The topological polar surface area (TPSA) is 66.8 Å². The quantitative estimate of drug-likeness (QED) is 0.483. The molecule has 1 aliphatic heterocycles. The first-order chi connectivity index (χ1) is 15.4. The Balaban J connectivity index is 1.91. The Hall–Kier alpha value is -3.02. The molecule has 7 heteroatoms. The highest BCUT2D eigenvalue weighted by Gasteiger charge is 2.45. The SMILES string of the molecule is CCOc1ccccc1CN1C(=O)c2ccccc2C(C(=O)O)C1c1ccc(Cl)cc1Cl. The summed E-state index contributed by atoms with van der Waals surface area (Å²) >= 11 is 12.6. The van der Waals surface area contributed by atoms with Gasteiger partial charge in [-0.15, -0.1) is 0 Å². The van der Waals surface area contributed by atoms with E-state index >= 15 is 0 Å². The summed E-state index contributed by atoms with van der Waals surface area (Å²) in [6.07, 6.45) is 0. The highest BCUT2D eigenvalue weighted by atomic mass is 35.5. The Kier molecular flexibility index (Phi) is 6.40. The summed E-state index contributed by atoms with van der Waals surface area (Å²) in [4.78, 5) is 27.7. The van der Waals surface area contributed by atoms with Crippen LogP contribution in [0, 0.1) is 0 Å². The molecule has 0 saturated heterocycles. The van der Waals surface area contributed by atoms with Crippen molar-refractivity contribution >= 4 is 35.1 Å². The van der Waals surface area contributed by atoms with Crippen molar-refractivity contribution in [1.29, 1.82) is 0 Å². The first-order valence-corrected chi connectivity index (χ1v) is 11.0. The Morgan fingerprint density at radius 2 is 1.75 bits per heavy atom. The van der Waals surface area contributed by atoms with Crippen molar-refractivity contribution in [3.05, 3.63) is 99.0 Å². The molecule has 164 valence electrons. The maximum Gasteiger partial charge on any atom is 0.313 e. The van der Waals surface area contributed by atoms with Crippen molar-refractivity contribution in [3.63, 3.8) is 0 Å². The third-order valence-corrected chi connectivity index (χ3v) is 6.16. The molecule has 0 aliphatic carbocycles. The smallest absolute Gasteiger partial charge is 0.313 e. The standard InChI is InChI=1S/C25H21Cl2NO4/c1-2-32-21-10-6-3-7-15(21)14-28-23(19-12-11-16(26)13-20(19)27)22(25(30)31)17-8-4-5-9-18(17)24(28)29/h3-13,22-23H,2,14H2,1H3,(H,30,31). The number of benzene rings is 3. The van der Waals surface area contributed by atoms with Gasteiger partial charge in [0.05, 0.1) is 19.2 Å². The van der Waals surface area contributed by atoms with Crippen molar-refractivity contribution in [2.45, 2.75) is 25.4 Å². The van der Waals surface area contributed by atoms with Crippen LogP contribution in [0.5, 0.6) is 5.75 Å². The molecular weight excluding hydrogens is 449 g/mol. The van der Waals surface area contributed by atoms with Crippen LogP contribution >= 0.6 is 23.2 Å². The van der Waals surface area contributed by atoms with Crippen LogP contribution in [0.1, 0.15) is 45.9 Å². The van der Waals surface area contributed by atoms with Crippen LogP contribution in [0.25, 0.3) is 0 Å². The van der Waals surface area contributed by atoms with E-state index in [4.69, 9.17) is 27.9 Å². The van der Waals surface area contributed by atoms with E-state index in [1.54, 1.807) is 47.4 Å². The number of carbonyl (C=O) groups excluding carboxylic acids is 1. The van der Waals surface area contributed by atoms with Gasteiger partial charge in [0, 0.05) is 21.2 Å². The van der Waals surface area contributed by atoms with Crippen molar-refractivity contribution < 1.29 is 19.4 Å². The van der Waals surface area contributed by atoms with Crippen molar-refractivity contribution in [2.75, 3.05) is 6.61 Å². The van der Waals surface area contributed by atoms with Gasteiger partial charge >= 0.3 is 5.97 Å². The van der Waals surface area contributed by atoms with E-state index in [0.717, 1.165) is 5.56 Å². The van der Waals surface area contributed by atoms with Gasteiger partial charge < -0.3 is 14.7 Å². The first-order valence-electron chi connectivity index (χ1n) is 10.2. The van der Waals surface area contributed by atoms with E-state index in [9.17, 15) is 14.7 Å². The van der Waals surface area contributed by atoms with Gasteiger partial charge in [-0.2, -0.15) is 0 Å². The number of ether oxygens (including phenoxy) is 1. The molecule has 2 atom stereocenters. The molecule has 0 aromatic heterocycles. The second-order valence-electron chi connectivity index (χ2n) is 7.49. The average Bonchev–Trinajstić information content (AvgIpc) is 2.77. The van der Waals surface area contributed by atoms with Gasteiger partial charge in [0.25, 0.3) is 5.91 Å². The normalized spacial score (nSPS) is 17.7. The number of carbonyl (C=O) groups is 2. The molecule has 2 unspecified atom stereocenters. The van der Waals surface area contributed by atoms with Crippen LogP contribution < -0.4 is 4.74 Å². The zero-order chi connectivity index (χ0) is 22.8. The van der Waals surface area contributed by atoms with E-state index < -0.39 is 17.9 Å². The van der Waals surface area contributed by atoms with Crippen LogP contribution in [-0.4, -0.2) is 28.5 Å². The minimum absolute atomic E-state index is 0.163. The summed E-state index contributed by atoms with van der Waals surface area (Å²) in [7, 11) is 0. The Morgan fingerprint density at radius 1 is 1.03 bits per heavy atom. The number of carboxylic acids is 1. The van der Waals surface area contributed by atoms with Gasteiger partial charge in [0.2, 0.25) is 0 Å². The summed E-state index contributed by atoms with van der Waals surface area (Å²) in [5, 5.41) is 11.0. The molecule has 3 aromatic carbocycles. The molecule has 1 N–H and O–H groups in total. The third-order valence-electron chi connectivity index (χ3n) is 5.60. The van der Waals surface area contributed by atoms with Gasteiger partial charge in [-0.1, -0.05) is 65.7 Å². The van der Waals surface area contributed by atoms with E-state index in [1.165, 1.54) is 0 Å². The van der Waals surface area contributed by atoms with E-state index in [0.29, 0.717) is 39.1 Å². The molecule has 0 saturated carbocycles. The lowest BCUT2D eigenvalue weighted by atomic mass is 9.79. The van der Waals surface area contributed by atoms with Gasteiger partial charge in [0.15, 0.2) is 0 Å². The third kappa shape index (κ3) is 4.06. The monoisotopic (exact) mass is 469 g/mol. The lowest BCUT2D eigenvalue weighted by Crippen LogP contribution is -2.44. The number of hydrogen-bond donors (Lipinski definition) is 1. The maximum absolute atomic E-state index is 13.6. The number of fused-ring (bicyclic) bond motifs is 1. The Bertz CT molecular complexity index is 1180. The predicted molar refractivity (Wildman–Crippen MR) is 124 cm³/mol. The number of carboxylic acid groups (broad SMARTS) is 1. The molecule has 0 radical (unpaired) electrons. The average molecular weight is 470 g/mol. The summed E-state index contributed by atoms with van der Waals surface area (Å²) in [5.74, 6) is -1.65. The van der Waals surface area contributed by atoms with Crippen LogP contribution in [0.15, 0.2) is 66.7 Å². The zero-order valence-electron chi connectivity index (χ0n) is 17.3. The zero-order valence-corrected chi connectivity index (χ0v) is 18.8. The molecule has 0 bridgehead atoms. The van der Waals surface area contributed by atoms with E-state index in [2.05, 4.69) is 0 Å². The van der Waals surface area contributed by atoms with Crippen molar-refractivity contribution in [2.24, 2.45) is 0 Å². The highest BCUT2D eigenvalue weighted by Crippen LogP contribution is 2.46. The summed E-state index contributed by atoms with van der Waals surface area (Å²) in [5.41, 5.74) is 2.15. The molecule has 5 nitrogen and oxygen atoms in total. The lowest BCUT2D eigenvalue weighted by Gasteiger charge is -2.41. The minimum atomic E-state index is -1.04. The van der Waals surface area contributed by atoms with Crippen molar-refractivity contribution in [3.8, 4) is 5.75 Å². The molecule has 32 heavy (non-hydrogen) atoms. The van der Waals surface area contributed by atoms with Crippen LogP contribution in [0.3, 0.4) is 0 Å². The number of rotatable bonds is 6. The van der Waals surface area contributed by atoms with Crippen molar-refractivity contribution in [1.82, 2.24) is 4.90 Å². The molecular formula is C25H21Cl2NO4. The fraction of sp³-hybridized carbons (Fsp3) is 0.200. The maximum atomic E-state index is 13.6. The Morgan fingerprint density at radius 3 is 2.47 bits per heavy atom. The number of para-hydroxylation sites is 1. The fourth-order valence-corrected chi connectivity index (χ4v) is 4.76. The predicted octanol–water partition coefficient (Wildman–Crippen LogP) is 5.96. The van der Waals surface area contributed by atoms with Crippen LogP contribution in [-0.2, 0) is 11.3 Å². The van der Waals surface area contributed by atoms with Gasteiger partial charge in [0.1, 0.15) is 11.7 Å². The van der Waals surface area contributed by atoms with Gasteiger partial charge in [-0.25, -0.2) is 0 Å². The second kappa shape index (κ2) is 9.23. The first kappa shape index (κ1) is 22.2. The second-order valence-corrected chi connectivity index (χ2v) is 8.33. The molecule has 1 aliphatic rings. The van der Waals surface area contributed by atoms with E-state index in [-0.39, 0.29) is 12.5 Å². The number of halogens is 2. The van der Waals surface area contributed by atoms with Gasteiger partial charge in [-0.3, -0.25) is 9.59 Å². The van der Waals surface area contributed by atoms with Crippen LogP contribution in [0.4, 0.5) is 0 Å². The lowest BCUT2D eigenvalue weighted by molar-refractivity contribution is -0.140. The van der Waals surface area contributed by atoms with Gasteiger partial charge in [-0.05, 0) is 42.3 Å².